The van der Waals surface area contributed by atoms with Crippen LogP contribution in [0.4, 0.5) is 30.6 Å². The van der Waals surface area contributed by atoms with Crippen LogP contribution in [0.5, 0.6) is 0 Å². The van der Waals surface area contributed by atoms with E-state index in [9.17, 15) is 47.0 Å². The molecule has 1 aliphatic carbocycles. The van der Waals surface area contributed by atoms with Gasteiger partial charge in [-0.2, -0.15) is 13.2 Å². The third kappa shape index (κ3) is 33.2. The quantitative estimate of drug-likeness (QED) is 0.0214. The summed E-state index contributed by atoms with van der Waals surface area (Å²) in [6.07, 6.45) is 18.3. The van der Waals surface area contributed by atoms with Crippen molar-refractivity contribution in [2.45, 2.75) is 220 Å². The molecule has 9 aromatic rings. The van der Waals surface area contributed by atoms with Gasteiger partial charge in [-0.05, 0) is 216 Å². The van der Waals surface area contributed by atoms with Crippen molar-refractivity contribution in [3.8, 4) is 0 Å². The number of nitrogens with zero attached hydrogens (tertiary/aromatic N) is 5. The summed E-state index contributed by atoms with van der Waals surface area (Å²) in [5, 5.41) is 35.5. The van der Waals surface area contributed by atoms with E-state index in [1.807, 2.05) is 46.2 Å². The van der Waals surface area contributed by atoms with E-state index in [1.165, 1.54) is 101 Å². The van der Waals surface area contributed by atoms with Crippen molar-refractivity contribution < 1.29 is 66.4 Å². The van der Waals surface area contributed by atoms with Gasteiger partial charge in [-0.1, -0.05) is 200 Å². The first-order valence-electron chi connectivity index (χ1n) is 42.5. The Morgan fingerprint density at radius 1 is 0.444 bits per heavy atom. The number of hydrogen-bond acceptors (Lipinski definition) is 15. The SMILES string of the molecule is C.C.C.COC(=O)CC(CC1CCCCC1)c1ccc2ccccc2c1.COC(=O)CC(CC1CCN(C(=O)CCc2ccc3c(n2)NCCC3)CC1)c1ccc2ccccc2c1.Cl.ClCCl.O=C(O)CC(CC1CCN(C(=O)CCc2ccc3c(n2)NCCC3)CC1)c1ccc2ccccc2c1.O=C(O)CCc1ccc2c(n1)NCCC2.O=CC(F)(F)F. The lowest BCUT2D eigenvalue weighted by molar-refractivity contribution is -0.156. The molecule has 124 heavy (non-hydrogen) atoms. The zero-order chi connectivity index (χ0) is 85.2. The van der Waals surface area contributed by atoms with Gasteiger partial charge in [0, 0.05) is 82.2 Å². The van der Waals surface area contributed by atoms with Crippen LogP contribution >= 0.6 is 35.6 Å². The van der Waals surface area contributed by atoms with Crippen LogP contribution in [0.15, 0.2) is 164 Å². The minimum atomic E-state index is -4.64. The molecule has 5 aliphatic heterocycles. The molecule has 6 aliphatic rings. The van der Waals surface area contributed by atoms with Gasteiger partial charge in [-0.15, -0.1) is 35.6 Å². The first kappa shape index (κ1) is 103. The highest BCUT2D eigenvalue weighted by Gasteiger charge is 2.31. The van der Waals surface area contributed by atoms with Crippen LogP contribution in [0.1, 0.15) is 225 Å². The number of amides is 2. The van der Waals surface area contributed by atoms with Crippen molar-refractivity contribution in [2.75, 3.05) is 81.3 Å². The highest BCUT2D eigenvalue weighted by Crippen LogP contribution is 2.39. The second-order valence-corrected chi connectivity index (χ2v) is 32.9. The number of hydrogen-bond donors (Lipinski definition) is 5. The molecule has 0 radical (unpaired) electrons. The molecular formula is C99H128Cl3F3N8O11. The molecule has 6 aromatic carbocycles. The number of aldehydes is 1. The number of alkyl halides is 5. The summed E-state index contributed by atoms with van der Waals surface area (Å²) in [5.74, 6) is 3.56. The molecule has 15 rings (SSSR count). The number of aliphatic carboxylic acids is 2. The van der Waals surface area contributed by atoms with Crippen LogP contribution in [-0.2, 0) is 81.6 Å². The predicted molar refractivity (Wildman–Crippen MR) is 496 cm³/mol. The number of aromatic nitrogens is 3. The molecular weight excluding hydrogens is 1640 g/mol. The van der Waals surface area contributed by atoms with Gasteiger partial charge in [-0.25, -0.2) is 15.0 Å². The molecule has 0 spiro atoms. The number of likely N-dealkylation sites (tertiary alicyclic amines) is 2. The third-order valence-corrected chi connectivity index (χ3v) is 23.7. The molecule has 672 valence electrons. The van der Waals surface area contributed by atoms with Gasteiger partial charge in [0.2, 0.25) is 18.1 Å². The first-order valence-corrected chi connectivity index (χ1v) is 43.6. The molecule has 2 amide bonds. The normalized spacial score (nSPS) is 15.4. The molecule has 0 bridgehead atoms. The number of esters is 2. The summed E-state index contributed by atoms with van der Waals surface area (Å²) < 4.78 is 41.2. The molecule has 3 atom stereocenters. The fourth-order valence-corrected chi connectivity index (χ4v) is 17.2. The van der Waals surface area contributed by atoms with E-state index in [0.29, 0.717) is 56.8 Å². The Balaban J connectivity index is 0.000000254. The Hall–Kier alpha value is -9.90. The summed E-state index contributed by atoms with van der Waals surface area (Å²) >= 11 is 9.53. The first-order chi connectivity index (χ1) is 58.1. The number of piperidine rings is 2. The Morgan fingerprint density at radius 3 is 1.06 bits per heavy atom. The van der Waals surface area contributed by atoms with Gasteiger partial charge in [0.05, 0.1) is 45.2 Å². The minimum Gasteiger partial charge on any atom is -0.481 e. The fourth-order valence-electron chi connectivity index (χ4n) is 17.2. The summed E-state index contributed by atoms with van der Waals surface area (Å²) in [7, 11) is 2.94. The van der Waals surface area contributed by atoms with Gasteiger partial charge in [0.25, 0.3) is 0 Å². The van der Waals surface area contributed by atoms with Crippen LogP contribution in [-0.4, -0.2) is 148 Å². The van der Waals surface area contributed by atoms with Crippen molar-refractivity contribution in [1.82, 2.24) is 24.8 Å². The lowest BCUT2D eigenvalue weighted by Crippen LogP contribution is -2.39. The molecule has 1 saturated carbocycles. The number of aryl methyl sites for hydroxylation is 6. The second kappa shape index (κ2) is 53.4. The van der Waals surface area contributed by atoms with Gasteiger partial charge in [0.15, 0.2) is 0 Å². The van der Waals surface area contributed by atoms with Crippen molar-refractivity contribution in [3.05, 3.63) is 214 Å². The monoisotopic (exact) mass is 1770 g/mol. The number of carbonyl (C=O) groups is 7. The van der Waals surface area contributed by atoms with E-state index >= 15 is 0 Å². The number of fused-ring (bicyclic) bond motifs is 6. The Bertz CT molecular complexity index is 4850. The summed E-state index contributed by atoms with van der Waals surface area (Å²) in [6.45, 7) is 5.96. The molecule has 8 heterocycles. The zero-order valence-electron chi connectivity index (χ0n) is 69.5. The Kier molecular flexibility index (Phi) is 44.3. The highest BCUT2D eigenvalue weighted by atomic mass is 35.5. The average Bonchev–Trinajstić information content (AvgIpc) is 0.829. The fraction of sp³-hybridized carbons (Fsp3) is 0.475. The van der Waals surface area contributed by atoms with Crippen LogP contribution in [0.2, 0.25) is 0 Å². The van der Waals surface area contributed by atoms with Gasteiger partial charge >= 0.3 is 30.1 Å². The average molecular weight is 1770 g/mol. The summed E-state index contributed by atoms with van der Waals surface area (Å²) in [4.78, 5) is 98.5. The van der Waals surface area contributed by atoms with E-state index in [1.54, 1.807) is 0 Å². The standard InChI is InChI=1S/C31H37N3O3.C30H35N3O3.C21H26O2.C11H14N2O2.C2HF3O.CH2Cl2.3CH4.ClH/c1-37-30(36)21-27(26-9-8-23-5-2-3-6-25(23)20-26)19-22-14-17-34(18-15-22)29(35)13-12-28-11-10-24-7-4-16-32-31(24)33-28;34-28(12-11-27-10-9-23-6-3-15-31-30(23)32-27)33-16-13-21(14-17-33)18-26(20-29(35)36)25-8-7-22-4-1-2-5-24(22)19-25;1-23-21(22)15-20(13-16-7-3-2-4-8-16)19-12-11-17-9-5-6-10-18(17)14-19;14-10(15)6-5-9-4-3-8-2-1-7-12-11(8)13-9;3-2(4,5)1-6;2-1-3;;;;/h2-3,5-6,8-11,20,22,27H,4,7,12-19,21H2,1H3,(H,32,33);1-2,4-5,7-10,19,21,26H,3,6,11-18,20H2,(H,31,32)(H,35,36);5-6,9-12,14,16,20H,2-4,7-8,13,15H2,1H3;3-4H,1-2,5-7H2,(H,12,13)(H,14,15);1H;1H2;3*1H4;1H. The lowest BCUT2D eigenvalue weighted by atomic mass is 9.79. The number of halogens is 6. The van der Waals surface area contributed by atoms with Crippen LogP contribution in [0.25, 0.3) is 32.3 Å². The number of carboxylic acid groups (broad SMARTS) is 2. The van der Waals surface area contributed by atoms with E-state index in [4.69, 9.17) is 52.5 Å². The van der Waals surface area contributed by atoms with E-state index in [2.05, 4.69) is 148 Å². The number of ether oxygens (including phenoxy) is 2. The molecule has 3 fully saturated rings. The smallest absolute Gasteiger partial charge is 0.446 e. The van der Waals surface area contributed by atoms with Gasteiger partial charge in [0.1, 0.15) is 17.5 Å². The maximum atomic E-state index is 12.9. The third-order valence-electron chi connectivity index (χ3n) is 23.7. The Labute approximate surface area is 747 Å². The maximum Gasteiger partial charge on any atom is 0.446 e. The lowest BCUT2D eigenvalue weighted by Gasteiger charge is -2.34. The van der Waals surface area contributed by atoms with E-state index in [0.717, 1.165) is 181 Å². The molecule has 2 saturated heterocycles. The van der Waals surface area contributed by atoms with Crippen molar-refractivity contribution in [2.24, 2.45) is 17.8 Å². The largest absolute Gasteiger partial charge is 0.481 e. The zero-order valence-corrected chi connectivity index (χ0v) is 71.8. The predicted octanol–water partition coefficient (Wildman–Crippen LogP) is 22.3. The highest BCUT2D eigenvalue weighted by molar-refractivity contribution is 6.40. The molecule has 3 unspecified atom stereocenters. The number of carbonyl (C=O) groups excluding carboxylic acids is 5. The molecule has 25 heteroatoms. The number of rotatable bonds is 24. The van der Waals surface area contributed by atoms with Crippen LogP contribution in [0.3, 0.4) is 0 Å². The maximum absolute atomic E-state index is 12.9. The summed E-state index contributed by atoms with van der Waals surface area (Å²) in [5.41, 5.74) is 10.2. The topological polar surface area (TPSA) is 260 Å². The van der Waals surface area contributed by atoms with E-state index in [-0.39, 0.29) is 94.4 Å². The minimum absolute atomic E-state index is 0. The van der Waals surface area contributed by atoms with Crippen LogP contribution in [0, 0.1) is 17.8 Å². The van der Waals surface area contributed by atoms with Crippen LogP contribution < -0.4 is 16.0 Å². The number of pyridine rings is 3. The van der Waals surface area contributed by atoms with E-state index < -0.39 is 24.4 Å². The van der Waals surface area contributed by atoms with Gasteiger partial charge < -0.3 is 45.4 Å². The number of anilines is 3. The Morgan fingerprint density at radius 2 is 0.750 bits per heavy atom. The number of nitrogens with one attached hydrogen (secondary N) is 3. The molecule has 5 N–H and O–H groups in total. The number of methoxy groups -OCH3 is 2. The summed E-state index contributed by atoms with van der Waals surface area (Å²) in [6, 6.07) is 56.8. The number of benzene rings is 6. The number of carboxylic acids is 2. The van der Waals surface area contributed by atoms with Crippen molar-refractivity contribution >= 4 is 127 Å². The molecule has 19 nitrogen and oxygen atoms in total. The van der Waals surface area contributed by atoms with Gasteiger partial charge in [-0.3, -0.25) is 33.6 Å². The molecule has 3 aromatic heterocycles. The van der Waals surface area contributed by atoms with Crippen molar-refractivity contribution in [1.29, 1.82) is 0 Å². The van der Waals surface area contributed by atoms with Crippen molar-refractivity contribution in [3.63, 3.8) is 0 Å². The second-order valence-electron chi connectivity index (χ2n) is 32.1.